The molecule has 0 aliphatic rings. The molecule has 0 saturated carbocycles. The minimum Gasteiger partial charge on any atom is -0.258 e. The molecule has 45 heavy (non-hydrogen) atoms. The van der Waals surface area contributed by atoms with E-state index in [2.05, 4.69) is 56.6 Å². The molecular formula is C34H45Br2FN2O4S2. The molecule has 4 aromatic carbocycles. The average molecular weight is 789 g/mol. The molecule has 0 heterocycles. The summed E-state index contributed by atoms with van der Waals surface area (Å²) in [5, 5.41) is 20.5. The number of benzene rings is 4. The molecule has 0 saturated heterocycles. The van der Waals surface area contributed by atoms with E-state index in [1.54, 1.807) is 23.9 Å². The van der Waals surface area contributed by atoms with Gasteiger partial charge in [0, 0.05) is 49.6 Å². The fourth-order valence-corrected chi connectivity index (χ4v) is 5.06. The van der Waals surface area contributed by atoms with Gasteiger partial charge in [0.15, 0.2) is 0 Å². The van der Waals surface area contributed by atoms with Gasteiger partial charge in [-0.1, -0.05) is 124 Å². The normalized spacial score (nSPS) is 8.62. The van der Waals surface area contributed by atoms with Crippen LogP contribution in [0.4, 0.5) is 15.8 Å². The summed E-state index contributed by atoms with van der Waals surface area (Å²) >= 11 is 12.7. The zero-order chi connectivity index (χ0) is 35.2. The Morgan fingerprint density at radius 1 is 0.622 bits per heavy atom. The highest BCUT2D eigenvalue weighted by atomic mass is 79.9. The van der Waals surface area contributed by atoms with Crippen molar-refractivity contribution in [3.63, 3.8) is 0 Å². The van der Waals surface area contributed by atoms with E-state index in [1.807, 2.05) is 91.8 Å². The van der Waals surface area contributed by atoms with Crippen molar-refractivity contribution in [3.05, 3.63) is 143 Å². The lowest BCUT2D eigenvalue weighted by molar-refractivity contribution is -0.385. The molecule has 4 aromatic rings. The van der Waals surface area contributed by atoms with Gasteiger partial charge in [-0.25, -0.2) is 4.39 Å². The van der Waals surface area contributed by atoms with Crippen molar-refractivity contribution in [2.45, 2.75) is 71.8 Å². The topological polar surface area (TPSA) is 86.3 Å². The molecule has 0 aromatic heterocycles. The van der Waals surface area contributed by atoms with Gasteiger partial charge in [-0.15, -0.1) is 11.8 Å². The summed E-state index contributed by atoms with van der Waals surface area (Å²) in [4.78, 5) is 20.6. The van der Waals surface area contributed by atoms with Crippen LogP contribution in [0.5, 0.6) is 0 Å². The van der Waals surface area contributed by atoms with Crippen LogP contribution >= 0.6 is 56.3 Å². The SMILES string of the molecule is CC.CC.CC.CC.O=[N+]([O-])c1ccc(F)cc1.O=[N+]([O-])c1ccc(SCc2ccccc2Br)cc1.SCc1ccccc1Br. The third kappa shape index (κ3) is 21.6. The Hall–Kier alpha value is -2.73. The summed E-state index contributed by atoms with van der Waals surface area (Å²) in [6.45, 7) is 16.0. The molecule has 0 spiro atoms. The van der Waals surface area contributed by atoms with E-state index in [4.69, 9.17) is 0 Å². The Labute approximate surface area is 295 Å². The predicted octanol–water partition coefficient (Wildman–Crippen LogP) is 13.4. The molecule has 0 bridgehead atoms. The molecule has 248 valence electrons. The Balaban J connectivity index is -0.000000560. The van der Waals surface area contributed by atoms with Crippen LogP contribution in [0.1, 0.15) is 66.5 Å². The number of thiol groups is 1. The quantitative estimate of drug-likeness (QED) is 0.0910. The van der Waals surface area contributed by atoms with E-state index < -0.39 is 10.7 Å². The second-order valence-electron chi connectivity index (χ2n) is 7.11. The van der Waals surface area contributed by atoms with Gasteiger partial charge in [-0.2, -0.15) is 12.6 Å². The van der Waals surface area contributed by atoms with Crippen molar-refractivity contribution in [3.8, 4) is 0 Å². The van der Waals surface area contributed by atoms with Crippen LogP contribution < -0.4 is 0 Å². The maximum atomic E-state index is 12.1. The van der Waals surface area contributed by atoms with Crippen LogP contribution in [0.2, 0.25) is 0 Å². The van der Waals surface area contributed by atoms with Crippen molar-refractivity contribution < 1.29 is 14.2 Å². The second-order valence-corrected chi connectivity index (χ2v) is 10.2. The summed E-state index contributed by atoms with van der Waals surface area (Å²) in [5.41, 5.74) is 2.48. The smallest absolute Gasteiger partial charge is 0.258 e. The molecule has 0 N–H and O–H groups in total. The van der Waals surface area contributed by atoms with Crippen molar-refractivity contribution in [1.29, 1.82) is 0 Å². The first kappa shape index (κ1) is 46.7. The van der Waals surface area contributed by atoms with Gasteiger partial charge in [0.2, 0.25) is 0 Å². The molecule has 0 aliphatic carbocycles. The number of rotatable bonds is 6. The maximum Gasteiger partial charge on any atom is 0.269 e. The third-order valence-corrected chi connectivity index (χ3v) is 7.51. The third-order valence-electron chi connectivity index (χ3n) is 4.57. The summed E-state index contributed by atoms with van der Waals surface area (Å²) < 4.78 is 14.3. The first-order valence-corrected chi connectivity index (χ1v) is 17.8. The number of thioether (sulfide) groups is 1. The largest absolute Gasteiger partial charge is 0.269 e. The van der Waals surface area contributed by atoms with Crippen molar-refractivity contribution in [1.82, 2.24) is 0 Å². The van der Waals surface area contributed by atoms with Gasteiger partial charge in [0.1, 0.15) is 5.82 Å². The van der Waals surface area contributed by atoms with Crippen LogP contribution in [0.3, 0.4) is 0 Å². The molecule has 0 atom stereocenters. The number of nitrogens with zero attached hydrogens (tertiary/aromatic N) is 2. The minimum absolute atomic E-state index is 0.0959. The van der Waals surface area contributed by atoms with Crippen molar-refractivity contribution >= 4 is 67.6 Å². The lowest BCUT2D eigenvalue weighted by Gasteiger charge is -2.04. The Morgan fingerprint density at radius 3 is 1.31 bits per heavy atom. The van der Waals surface area contributed by atoms with E-state index in [9.17, 15) is 24.6 Å². The standard InChI is InChI=1S/C13H10BrNO2S.C7H7BrS.C6H4FNO2.4C2H6/c14-13-4-2-1-3-10(13)9-18-12-7-5-11(6-8-12)15(16)17;8-7-4-2-1-3-6(7)5-9;7-5-1-3-6(4-2-5)8(9)10;4*1-2/h1-8H,9H2;1-4,9H,5H2;1-4H;4*1-2H3. The first-order valence-electron chi connectivity index (χ1n) is 14.6. The summed E-state index contributed by atoms with van der Waals surface area (Å²) in [5.74, 6) is 1.16. The maximum absolute atomic E-state index is 12.1. The van der Waals surface area contributed by atoms with Gasteiger partial charge in [0.25, 0.3) is 11.4 Å². The highest BCUT2D eigenvalue weighted by Gasteiger charge is 2.05. The molecule has 6 nitrogen and oxygen atoms in total. The summed E-state index contributed by atoms with van der Waals surface area (Å²) in [6.07, 6.45) is 0. The van der Waals surface area contributed by atoms with E-state index >= 15 is 0 Å². The molecule has 0 radical (unpaired) electrons. The van der Waals surface area contributed by atoms with Gasteiger partial charge in [-0.05, 0) is 47.5 Å². The number of nitro groups is 2. The lowest BCUT2D eigenvalue weighted by Crippen LogP contribution is -1.87. The van der Waals surface area contributed by atoms with E-state index in [-0.39, 0.29) is 16.3 Å². The summed E-state index contributed by atoms with van der Waals surface area (Å²) in [7, 11) is 0. The monoisotopic (exact) mass is 786 g/mol. The molecule has 4 rings (SSSR count). The first-order chi connectivity index (χ1) is 21.7. The predicted molar refractivity (Wildman–Crippen MR) is 202 cm³/mol. The Kier molecular flexibility index (Phi) is 32.4. The zero-order valence-electron chi connectivity index (χ0n) is 27.2. The highest BCUT2D eigenvalue weighted by molar-refractivity contribution is 9.10. The van der Waals surface area contributed by atoms with Crippen LogP contribution in [0.25, 0.3) is 0 Å². The fraction of sp³-hybridized carbons (Fsp3) is 0.294. The van der Waals surface area contributed by atoms with Gasteiger partial charge in [0.05, 0.1) is 9.85 Å². The van der Waals surface area contributed by atoms with E-state index in [0.717, 1.165) is 49.6 Å². The molecule has 0 fully saturated rings. The van der Waals surface area contributed by atoms with E-state index in [1.165, 1.54) is 23.3 Å². The van der Waals surface area contributed by atoms with Crippen LogP contribution in [-0.4, -0.2) is 9.85 Å². The second kappa shape index (κ2) is 31.3. The Bertz CT molecular complexity index is 1310. The fourth-order valence-electron chi connectivity index (χ4n) is 2.63. The number of nitro benzene ring substituents is 2. The zero-order valence-corrected chi connectivity index (χ0v) is 32.1. The highest BCUT2D eigenvalue weighted by Crippen LogP contribution is 2.28. The number of non-ortho nitro benzene ring substituents is 2. The van der Waals surface area contributed by atoms with E-state index in [0.29, 0.717) is 0 Å². The number of hydrogen-bond acceptors (Lipinski definition) is 6. The van der Waals surface area contributed by atoms with Gasteiger partial charge >= 0.3 is 0 Å². The summed E-state index contributed by atoms with van der Waals surface area (Å²) in [6, 6.07) is 27.1. The molecule has 0 aliphatic heterocycles. The van der Waals surface area contributed by atoms with Gasteiger partial charge in [-0.3, -0.25) is 20.2 Å². The molecule has 0 amide bonds. The molecule has 0 unspecified atom stereocenters. The van der Waals surface area contributed by atoms with Crippen LogP contribution in [0, 0.1) is 26.0 Å². The van der Waals surface area contributed by atoms with Crippen molar-refractivity contribution in [2.24, 2.45) is 0 Å². The lowest BCUT2D eigenvalue weighted by atomic mass is 10.2. The van der Waals surface area contributed by atoms with Gasteiger partial charge < -0.3 is 0 Å². The van der Waals surface area contributed by atoms with Crippen molar-refractivity contribution in [2.75, 3.05) is 0 Å². The number of halogens is 3. The molecule has 11 heteroatoms. The average Bonchev–Trinajstić information content (AvgIpc) is 3.09. The minimum atomic E-state index is -0.570. The number of hydrogen-bond donors (Lipinski definition) is 1. The van der Waals surface area contributed by atoms with Crippen LogP contribution in [-0.2, 0) is 11.5 Å². The van der Waals surface area contributed by atoms with Crippen LogP contribution in [0.15, 0.2) is 111 Å². The Morgan fingerprint density at radius 2 is 0.978 bits per heavy atom. The molecular weight excluding hydrogens is 743 g/mol.